The molecule has 0 atom stereocenters. The van der Waals surface area contributed by atoms with Crippen molar-refractivity contribution >= 4 is 27.8 Å². The van der Waals surface area contributed by atoms with Crippen LogP contribution < -0.4 is 5.32 Å². The molecule has 0 aliphatic rings. The minimum Gasteiger partial charge on any atom is -0.382 e. The number of anilines is 1. The minimum absolute atomic E-state index is 0.763. The standard InChI is InChI=1S/C16H20N4O/c1-3-21-8-4-7-17-16-15-14(18-10-19-16)12-9-11(2)5-6-13(12)20-15/h5-6,9-10,20H,3-4,7-8H2,1-2H3,(H,17,18,19). The van der Waals surface area contributed by atoms with Crippen molar-refractivity contribution in [2.75, 3.05) is 25.1 Å². The van der Waals surface area contributed by atoms with Crippen molar-refractivity contribution in [2.45, 2.75) is 20.3 Å². The molecule has 1 aromatic carbocycles. The maximum atomic E-state index is 5.34. The van der Waals surface area contributed by atoms with Gasteiger partial charge in [0.05, 0.1) is 0 Å². The quantitative estimate of drug-likeness (QED) is 0.682. The highest BCUT2D eigenvalue weighted by atomic mass is 16.5. The van der Waals surface area contributed by atoms with Gasteiger partial charge in [-0.05, 0) is 32.4 Å². The molecular formula is C16H20N4O. The summed E-state index contributed by atoms with van der Waals surface area (Å²) in [5, 5.41) is 4.50. The topological polar surface area (TPSA) is 62.8 Å². The number of nitrogens with one attached hydrogen (secondary N) is 2. The molecule has 0 saturated heterocycles. The highest BCUT2D eigenvalue weighted by Crippen LogP contribution is 2.27. The van der Waals surface area contributed by atoms with E-state index in [1.807, 2.05) is 6.92 Å². The monoisotopic (exact) mass is 284 g/mol. The van der Waals surface area contributed by atoms with Crippen LogP contribution >= 0.6 is 0 Å². The minimum atomic E-state index is 0.763. The Balaban J connectivity index is 1.87. The van der Waals surface area contributed by atoms with Crippen molar-refractivity contribution in [3.63, 3.8) is 0 Å². The van der Waals surface area contributed by atoms with Gasteiger partial charge in [-0.2, -0.15) is 0 Å². The van der Waals surface area contributed by atoms with Gasteiger partial charge >= 0.3 is 0 Å². The molecule has 0 aliphatic carbocycles. The van der Waals surface area contributed by atoms with Gasteiger partial charge in [0.2, 0.25) is 0 Å². The summed E-state index contributed by atoms with van der Waals surface area (Å²) in [6, 6.07) is 6.34. The van der Waals surface area contributed by atoms with E-state index in [1.165, 1.54) is 5.56 Å². The molecule has 2 N–H and O–H groups in total. The Hall–Kier alpha value is -2.14. The zero-order chi connectivity index (χ0) is 14.7. The molecule has 3 aromatic rings. The fourth-order valence-electron chi connectivity index (χ4n) is 2.47. The number of hydrogen-bond acceptors (Lipinski definition) is 4. The second kappa shape index (κ2) is 6.10. The number of aromatic nitrogens is 3. The van der Waals surface area contributed by atoms with Crippen molar-refractivity contribution in [2.24, 2.45) is 0 Å². The van der Waals surface area contributed by atoms with Crippen LogP contribution in [-0.4, -0.2) is 34.7 Å². The molecule has 110 valence electrons. The number of H-pyrrole nitrogens is 1. The van der Waals surface area contributed by atoms with Gasteiger partial charge in [0, 0.05) is 30.7 Å². The number of rotatable bonds is 6. The first-order chi connectivity index (χ1) is 10.3. The highest BCUT2D eigenvalue weighted by Gasteiger charge is 2.10. The number of aromatic amines is 1. The van der Waals surface area contributed by atoms with Gasteiger partial charge in [-0.3, -0.25) is 0 Å². The van der Waals surface area contributed by atoms with E-state index in [1.54, 1.807) is 6.33 Å². The third kappa shape index (κ3) is 2.83. The molecule has 0 bridgehead atoms. The van der Waals surface area contributed by atoms with Crippen LogP contribution in [0.1, 0.15) is 18.9 Å². The van der Waals surface area contributed by atoms with Gasteiger partial charge in [-0.15, -0.1) is 0 Å². The Morgan fingerprint density at radius 1 is 1.29 bits per heavy atom. The SMILES string of the molecule is CCOCCCNc1ncnc2c1[nH]c1ccc(C)cc12. The van der Waals surface area contributed by atoms with Gasteiger partial charge in [0.15, 0.2) is 5.82 Å². The van der Waals surface area contributed by atoms with E-state index in [2.05, 4.69) is 45.4 Å². The number of benzene rings is 1. The van der Waals surface area contributed by atoms with E-state index in [9.17, 15) is 0 Å². The fourth-order valence-corrected chi connectivity index (χ4v) is 2.47. The average molecular weight is 284 g/mol. The normalized spacial score (nSPS) is 11.3. The summed E-state index contributed by atoms with van der Waals surface area (Å²) in [6.45, 7) is 6.46. The molecule has 0 aliphatic heterocycles. The summed E-state index contributed by atoms with van der Waals surface area (Å²) >= 11 is 0. The van der Waals surface area contributed by atoms with Crippen LogP contribution in [0, 0.1) is 6.92 Å². The van der Waals surface area contributed by atoms with Crippen LogP contribution in [0.4, 0.5) is 5.82 Å². The van der Waals surface area contributed by atoms with Crippen molar-refractivity contribution in [3.8, 4) is 0 Å². The molecule has 5 nitrogen and oxygen atoms in total. The first kappa shape index (κ1) is 13.8. The third-order valence-electron chi connectivity index (χ3n) is 3.50. The van der Waals surface area contributed by atoms with E-state index >= 15 is 0 Å². The molecule has 2 heterocycles. The van der Waals surface area contributed by atoms with Gasteiger partial charge in [0.1, 0.15) is 17.4 Å². The Bertz CT molecular complexity index is 750. The van der Waals surface area contributed by atoms with Crippen molar-refractivity contribution < 1.29 is 4.74 Å². The van der Waals surface area contributed by atoms with Crippen LogP contribution in [0.15, 0.2) is 24.5 Å². The summed E-state index contributed by atoms with van der Waals surface area (Å²) in [6.07, 6.45) is 2.57. The van der Waals surface area contributed by atoms with Crippen LogP contribution in [0.25, 0.3) is 21.9 Å². The second-order valence-corrected chi connectivity index (χ2v) is 5.10. The molecule has 2 aromatic heterocycles. The summed E-state index contributed by atoms with van der Waals surface area (Å²) < 4.78 is 5.34. The molecule has 0 fully saturated rings. The number of nitrogens with zero attached hydrogens (tertiary/aromatic N) is 2. The number of aryl methyl sites for hydroxylation is 1. The first-order valence-corrected chi connectivity index (χ1v) is 7.34. The lowest BCUT2D eigenvalue weighted by Crippen LogP contribution is -2.07. The first-order valence-electron chi connectivity index (χ1n) is 7.34. The van der Waals surface area contributed by atoms with Crippen molar-refractivity contribution in [1.29, 1.82) is 0 Å². The Kier molecular flexibility index (Phi) is 4.01. The largest absolute Gasteiger partial charge is 0.382 e. The molecule has 0 saturated carbocycles. The number of fused-ring (bicyclic) bond motifs is 3. The Labute approximate surface area is 123 Å². The fraction of sp³-hybridized carbons (Fsp3) is 0.375. The molecule has 0 spiro atoms. The molecule has 0 unspecified atom stereocenters. The van der Waals surface area contributed by atoms with Crippen LogP contribution in [0.5, 0.6) is 0 Å². The van der Waals surface area contributed by atoms with Crippen LogP contribution in [0.2, 0.25) is 0 Å². The molecule has 0 amide bonds. The number of ether oxygens (including phenoxy) is 1. The Morgan fingerprint density at radius 2 is 2.19 bits per heavy atom. The van der Waals surface area contributed by atoms with Crippen LogP contribution in [-0.2, 0) is 4.74 Å². The summed E-state index contributed by atoms with van der Waals surface area (Å²) in [4.78, 5) is 12.2. The van der Waals surface area contributed by atoms with Crippen molar-refractivity contribution in [3.05, 3.63) is 30.1 Å². The molecule has 0 radical (unpaired) electrons. The zero-order valence-corrected chi connectivity index (χ0v) is 12.4. The van der Waals surface area contributed by atoms with Gasteiger partial charge in [-0.1, -0.05) is 11.6 Å². The third-order valence-corrected chi connectivity index (χ3v) is 3.50. The summed E-state index contributed by atoms with van der Waals surface area (Å²) in [5.41, 5.74) is 4.26. The predicted octanol–water partition coefficient (Wildman–Crippen LogP) is 3.26. The molecule has 5 heteroatoms. The smallest absolute Gasteiger partial charge is 0.153 e. The van der Waals surface area contributed by atoms with Gasteiger partial charge in [0.25, 0.3) is 0 Å². The van der Waals surface area contributed by atoms with E-state index in [0.29, 0.717) is 0 Å². The summed E-state index contributed by atoms with van der Waals surface area (Å²) in [5.74, 6) is 0.852. The lowest BCUT2D eigenvalue weighted by Gasteiger charge is -2.06. The van der Waals surface area contributed by atoms with Gasteiger partial charge in [-0.25, -0.2) is 9.97 Å². The second-order valence-electron chi connectivity index (χ2n) is 5.10. The maximum Gasteiger partial charge on any atom is 0.153 e. The van der Waals surface area contributed by atoms with E-state index in [-0.39, 0.29) is 0 Å². The molecule has 3 rings (SSSR count). The van der Waals surface area contributed by atoms with Crippen LogP contribution in [0.3, 0.4) is 0 Å². The predicted molar refractivity (Wildman–Crippen MR) is 85.7 cm³/mol. The lowest BCUT2D eigenvalue weighted by atomic mass is 10.1. The molecule has 21 heavy (non-hydrogen) atoms. The Morgan fingerprint density at radius 3 is 3.05 bits per heavy atom. The van der Waals surface area contributed by atoms with Crippen molar-refractivity contribution in [1.82, 2.24) is 15.0 Å². The number of hydrogen-bond donors (Lipinski definition) is 2. The van der Waals surface area contributed by atoms with Gasteiger partial charge < -0.3 is 15.0 Å². The average Bonchev–Trinajstić information content (AvgIpc) is 2.86. The highest BCUT2D eigenvalue weighted by molar-refractivity contribution is 6.08. The van der Waals surface area contributed by atoms with E-state index < -0.39 is 0 Å². The lowest BCUT2D eigenvalue weighted by molar-refractivity contribution is 0.147. The molecular weight excluding hydrogens is 264 g/mol. The van der Waals surface area contributed by atoms with E-state index in [0.717, 1.165) is 53.9 Å². The van der Waals surface area contributed by atoms with E-state index in [4.69, 9.17) is 4.74 Å². The maximum absolute atomic E-state index is 5.34. The summed E-state index contributed by atoms with van der Waals surface area (Å²) in [7, 11) is 0. The zero-order valence-electron chi connectivity index (χ0n) is 12.4.